The second-order valence-corrected chi connectivity index (χ2v) is 1.95. The second-order valence-electron chi connectivity index (χ2n) is 1.95. The highest BCUT2D eigenvalue weighted by atomic mass is 16.3. The zero-order chi connectivity index (χ0) is 6.97. The van der Waals surface area contributed by atoms with Gasteiger partial charge in [0.25, 0.3) is 0 Å². The molecule has 50 valence electrons. The second kappa shape index (κ2) is 1.70. The van der Waals surface area contributed by atoms with Crippen LogP contribution in [0.5, 0.6) is 0 Å². The Bertz CT molecular complexity index is 287. The van der Waals surface area contributed by atoms with E-state index in [1.54, 1.807) is 12.3 Å². The minimum Gasteiger partial charge on any atom is -0.453 e. The molecule has 0 atom stereocenters. The highest BCUT2D eigenvalue weighted by Crippen LogP contribution is 2.19. The van der Waals surface area contributed by atoms with E-state index in [2.05, 4.69) is 9.97 Å². The minimum atomic E-state index is 0.476. The first-order valence-corrected chi connectivity index (χ1v) is 2.81. The third-order valence-electron chi connectivity index (χ3n) is 1.23. The summed E-state index contributed by atoms with van der Waals surface area (Å²) < 4.78 is 4.80. The van der Waals surface area contributed by atoms with Crippen LogP contribution in [-0.2, 0) is 0 Å². The van der Waals surface area contributed by atoms with E-state index in [1.165, 1.54) is 6.39 Å². The summed E-state index contributed by atoms with van der Waals surface area (Å²) in [5.74, 6) is 1.10. The molecule has 4 nitrogen and oxygen atoms in total. The SMILES string of the molecule is Nc1cc2cocnc-2n1. The van der Waals surface area contributed by atoms with Gasteiger partial charge in [-0.3, -0.25) is 0 Å². The lowest BCUT2D eigenvalue weighted by Crippen LogP contribution is -1.82. The van der Waals surface area contributed by atoms with Gasteiger partial charge in [0.2, 0.25) is 0 Å². The molecule has 10 heavy (non-hydrogen) atoms. The molecule has 0 aromatic heterocycles. The van der Waals surface area contributed by atoms with E-state index in [0.29, 0.717) is 11.6 Å². The molecule has 2 heterocycles. The van der Waals surface area contributed by atoms with Crippen LogP contribution in [-0.4, -0.2) is 9.97 Å². The van der Waals surface area contributed by atoms with E-state index in [9.17, 15) is 0 Å². The van der Waals surface area contributed by atoms with Gasteiger partial charge >= 0.3 is 0 Å². The lowest BCUT2D eigenvalue weighted by Gasteiger charge is -1.88. The molecular formula is C6H5N3O. The quantitative estimate of drug-likeness (QED) is 0.579. The summed E-state index contributed by atoms with van der Waals surface area (Å²) in [5.41, 5.74) is 6.23. The molecule has 0 aromatic carbocycles. The number of rotatable bonds is 0. The Morgan fingerprint density at radius 2 is 2.40 bits per heavy atom. The Balaban J connectivity index is 2.76. The number of hydrogen-bond donors (Lipinski definition) is 1. The highest BCUT2D eigenvalue weighted by molar-refractivity contribution is 5.61. The van der Waals surface area contributed by atoms with Crippen molar-refractivity contribution in [3.63, 3.8) is 0 Å². The molecule has 4 heteroatoms. The molecule has 2 aliphatic heterocycles. The molecule has 0 spiro atoms. The lowest BCUT2D eigenvalue weighted by molar-refractivity contribution is 0.529. The predicted octanol–water partition coefficient (Wildman–Crippen LogP) is 0.757. The average molecular weight is 135 g/mol. The van der Waals surface area contributed by atoms with Gasteiger partial charge in [0.1, 0.15) is 12.1 Å². The monoisotopic (exact) mass is 135 g/mol. The summed E-state index contributed by atoms with van der Waals surface area (Å²) in [4.78, 5) is 7.76. The number of nitrogens with zero attached hydrogens (tertiary/aromatic N) is 2. The summed E-state index contributed by atoms with van der Waals surface area (Å²) in [7, 11) is 0. The van der Waals surface area contributed by atoms with Crippen molar-refractivity contribution < 1.29 is 4.42 Å². The Labute approximate surface area is 57.0 Å². The van der Waals surface area contributed by atoms with Gasteiger partial charge in [0, 0.05) is 0 Å². The average Bonchev–Trinajstić information content (AvgIpc) is 2.27. The third-order valence-corrected chi connectivity index (χ3v) is 1.23. The van der Waals surface area contributed by atoms with Gasteiger partial charge in [-0.25, -0.2) is 4.98 Å². The van der Waals surface area contributed by atoms with Crippen LogP contribution in [0, 0.1) is 0 Å². The molecule has 0 aliphatic carbocycles. The molecular weight excluding hydrogens is 130 g/mol. The molecule has 0 aromatic rings. The van der Waals surface area contributed by atoms with Gasteiger partial charge in [-0.15, -0.1) is 0 Å². The number of aromatic nitrogens is 2. The van der Waals surface area contributed by atoms with E-state index in [4.69, 9.17) is 10.2 Å². The van der Waals surface area contributed by atoms with Crippen LogP contribution < -0.4 is 5.73 Å². The van der Waals surface area contributed by atoms with Crippen LogP contribution in [0.1, 0.15) is 0 Å². The highest BCUT2D eigenvalue weighted by Gasteiger charge is 2.06. The Morgan fingerprint density at radius 3 is 3.20 bits per heavy atom. The standard InChI is InChI=1S/C6H5N3O/c7-5-1-4-2-10-3-8-6(4)9-5/h1-3H,7H2. The molecule has 0 saturated heterocycles. The van der Waals surface area contributed by atoms with Gasteiger partial charge in [0.15, 0.2) is 12.2 Å². The van der Waals surface area contributed by atoms with Crippen molar-refractivity contribution in [1.82, 2.24) is 9.97 Å². The zero-order valence-corrected chi connectivity index (χ0v) is 5.11. The van der Waals surface area contributed by atoms with Gasteiger partial charge in [-0.05, 0) is 6.07 Å². The normalized spacial score (nSPS) is 10.4. The van der Waals surface area contributed by atoms with Crippen LogP contribution in [0.15, 0.2) is 23.1 Å². The number of nitrogen functional groups attached to an aromatic ring is 1. The zero-order valence-electron chi connectivity index (χ0n) is 5.11. The van der Waals surface area contributed by atoms with Crippen molar-refractivity contribution in [3.05, 3.63) is 18.7 Å². The first-order chi connectivity index (χ1) is 4.86. The first kappa shape index (κ1) is 5.22. The Kier molecular flexibility index (Phi) is 0.887. The van der Waals surface area contributed by atoms with E-state index < -0.39 is 0 Å². The Morgan fingerprint density at radius 1 is 1.50 bits per heavy atom. The lowest BCUT2D eigenvalue weighted by atomic mass is 10.3. The molecule has 0 amide bonds. The largest absolute Gasteiger partial charge is 0.453 e. The van der Waals surface area contributed by atoms with Crippen molar-refractivity contribution in [2.24, 2.45) is 0 Å². The Hall–Kier alpha value is -1.58. The molecule has 0 fully saturated rings. The summed E-state index contributed by atoms with van der Waals surface area (Å²) in [6, 6.07) is 1.71. The molecule has 2 N–H and O–H groups in total. The van der Waals surface area contributed by atoms with E-state index in [-0.39, 0.29) is 0 Å². The van der Waals surface area contributed by atoms with Crippen LogP contribution in [0.2, 0.25) is 0 Å². The maximum atomic E-state index is 5.40. The van der Waals surface area contributed by atoms with Crippen LogP contribution in [0.3, 0.4) is 0 Å². The van der Waals surface area contributed by atoms with Crippen molar-refractivity contribution in [1.29, 1.82) is 0 Å². The maximum Gasteiger partial charge on any atom is 0.182 e. The van der Waals surface area contributed by atoms with E-state index in [1.807, 2.05) is 0 Å². The van der Waals surface area contributed by atoms with Gasteiger partial charge < -0.3 is 10.2 Å². The fraction of sp³-hybridized carbons (Fsp3) is 0. The van der Waals surface area contributed by atoms with Crippen molar-refractivity contribution in [2.45, 2.75) is 0 Å². The number of fused-ring (bicyclic) bond motifs is 1. The molecule has 0 bridgehead atoms. The molecule has 2 aliphatic rings. The fourth-order valence-corrected chi connectivity index (χ4v) is 0.817. The number of anilines is 1. The summed E-state index contributed by atoms with van der Waals surface area (Å²) in [6.45, 7) is 0. The van der Waals surface area contributed by atoms with Crippen molar-refractivity contribution >= 4 is 5.82 Å². The van der Waals surface area contributed by atoms with Gasteiger partial charge in [-0.2, -0.15) is 4.98 Å². The molecule has 0 radical (unpaired) electrons. The smallest absolute Gasteiger partial charge is 0.182 e. The van der Waals surface area contributed by atoms with Gasteiger partial charge in [0.05, 0.1) is 5.56 Å². The van der Waals surface area contributed by atoms with Crippen LogP contribution in [0.4, 0.5) is 5.82 Å². The summed E-state index contributed by atoms with van der Waals surface area (Å²) in [6.07, 6.45) is 2.89. The fourth-order valence-electron chi connectivity index (χ4n) is 0.817. The number of nitrogens with two attached hydrogens (primary N) is 1. The van der Waals surface area contributed by atoms with E-state index in [0.717, 1.165) is 5.56 Å². The summed E-state index contributed by atoms with van der Waals surface area (Å²) in [5, 5.41) is 0. The van der Waals surface area contributed by atoms with Gasteiger partial charge in [-0.1, -0.05) is 0 Å². The first-order valence-electron chi connectivity index (χ1n) is 2.81. The molecule has 0 saturated carbocycles. The molecule has 0 unspecified atom stereocenters. The topological polar surface area (TPSA) is 64.9 Å². The maximum absolute atomic E-state index is 5.40. The minimum absolute atomic E-state index is 0.476. The number of hydrogen-bond acceptors (Lipinski definition) is 4. The van der Waals surface area contributed by atoms with Crippen molar-refractivity contribution in [3.8, 4) is 11.4 Å². The van der Waals surface area contributed by atoms with Crippen LogP contribution >= 0.6 is 0 Å². The van der Waals surface area contributed by atoms with Crippen LogP contribution in [0.25, 0.3) is 11.4 Å². The van der Waals surface area contributed by atoms with E-state index >= 15 is 0 Å². The van der Waals surface area contributed by atoms with Crippen molar-refractivity contribution in [2.75, 3.05) is 5.73 Å². The third kappa shape index (κ3) is 0.621. The predicted molar refractivity (Wildman–Crippen MR) is 35.3 cm³/mol. The summed E-state index contributed by atoms with van der Waals surface area (Å²) >= 11 is 0. The molecule has 2 rings (SSSR count).